The summed E-state index contributed by atoms with van der Waals surface area (Å²) in [5, 5.41) is 0. The molecule has 0 spiro atoms. The van der Waals surface area contributed by atoms with Gasteiger partial charge in [0.25, 0.3) is 0 Å². The zero-order valence-corrected chi connectivity index (χ0v) is 32.3. The second-order valence-electron chi connectivity index (χ2n) is 15.6. The van der Waals surface area contributed by atoms with Gasteiger partial charge in [0, 0.05) is 39.5 Å². The quantitative estimate of drug-likeness (QED) is 0.164. The Labute approximate surface area is 316 Å². The normalized spacial score (nSPS) is 12.7. The van der Waals surface area contributed by atoms with Crippen LogP contribution in [-0.2, 0) is 5.41 Å². The predicted molar refractivity (Wildman–Crippen MR) is 227 cm³/mol. The summed E-state index contributed by atoms with van der Waals surface area (Å²) in [5.74, 6) is 0. The fraction of sp³-hybridized carbons (Fsp3) is 0.176. The Balaban J connectivity index is 1.20. The summed E-state index contributed by atoms with van der Waals surface area (Å²) < 4.78 is 0. The lowest BCUT2D eigenvalue weighted by Crippen LogP contribution is -2.17. The molecule has 0 unspecified atom stereocenters. The minimum Gasteiger partial charge on any atom is -0.310 e. The van der Waals surface area contributed by atoms with Crippen LogP contribution in [-0.4, -0.2) is 0 Å². The van der Waals surface area contributed by atoms with Crippen molar-refractivity contribution in [2.24, 2.45) is 0 Å². The predicted octanol–water partition coefficient (Wildman–Crippen LogP) is 14.5. The Morgan fingerprint density at radius 1 is 0.321 bits per heavy atom. The van der Waals surface area contributed by atoms with Crippen LogP contribution in [0.1, 0.15) is 58.4 Å². The van der Waals surface area contributed by atoms with Gasteiger partial charge in [0.1, 0.15) is 0 Å². The van der Waals surface area contributed by atoms with E-state index in [0.717, 1.165) is 34.1 Å². The molecule has 0 N–H and O–H groups in total. The first-order valence-corrected chi connectivity index (χ1v) is 18.8. The van der Waals surface area contributed by atoms with Gasteiger partial charge in [-0.2, -0.15) is 0 Å². The molecule has 0 radical (unpaired) electrons. The maximum atomic E-state index is 2.42. The minimum absolute atomic E-state index is 0.202. The van der Waals surface area contributed by atoms with Gasteiger partial charge in [-0.05, 0) is 164 Å². The van der Waals surface area contributed by atoms with E-state index in [1.807, 2.05) is 0 Å². The molecule has 53 heavy (non-hydrogen) atoms. The molecule has 0 atom stereocenters. The van der Waals surface area contributed by atoms with Crippen LogP contribution >= 0.6 is 0 Å². The number of nitrogens with zero attached hydrogens (tertiary/aromatic N) is 2. The molecule has 0 heterocycles. The molecule has 1 aliphatic carbocycles. The van der Waals surface area contributed by atoms with Crippen LogP contribution in [0, 0.1) is 41.5 Å². The smallest absolute Gasteiger partial charge is 0.0465 e. The first kappa shape index (κ1) is 34.2. The molecule has 0 aromatic heterocycles. The van der Waals surface area contributed by atoms with E-state index < -0.39 is 0 Å². The van der Waals surface area contributed by atoms with Crippen LogP contribution in [0.25, 0.3) is 22.3 Å². The first-order valence-electron chi connectivity index (χ1n) is 18.8. The van der Waals surface area contributed by atoms with Crippen molar-refractivity contribution in [3.63, 3.8) is 0 Å². The van der Waals surface area contributed by atoms with Crippen molar-refractivity contribution in [1.29, 1.82) is 0 Å². The summed E-state index contributed by atoms with van der Waals surface area (Å²) >= 11 is 0. The molecule has 2 nitrogen and oxygen atoms in total. The van der Waals surface area contributed by atoms with Crippen LogP contribution in [0.4, 0.5) is 34.1 Å². The zero-order chi connectivity index (χ0) is 37.0. The maximum Gasteiger partial charge on any atom is 0.0465 e. The monoisotopic (exact) mass is 688 g/mol. The van der Waals surface area contributed by atoms with Crippen molar-refractivity contribution < 1.29 is 0 Å². The third kappa shape index (κ3) is 6.23. The van der Waals surface area contributed by atoms with Gasteiger partial charge in [0.05, 0.1) is 0 Å². The number of rotatable bonds is 7. The number of hydrogen-bond acceptors (Lipinski definition) is 2. The van der Waals surface area contributed by atoms with Crippen molar-refractivity contribution in [3.8, 4) is 22.3 Å². The van der Waals surface area contributed by atoms with Gasteiger partial charge in [-0.3, -0.25) is 0 Å². The molecule has 0 aliphatic heterocycles. The van der Waals surface area contributed by atoms with Crippen molar-refractivity contribution in [3.05, 3.63) is 190 Å². The van der Waals surface area contributed by atoms with Gasteiger partial charge in [-0.25, -0.2) is 0 Å². The van der Waals surface area contributed by atoms with E-state index in [4.69, 9.17) is 0 Å². The van der Waals surface area contributed by atoms with Gasteiger partial charge in [-0.15, -0.1) is 0 Å². The van der Waals surface area contributed by atoms with E-state index in [2.05, 4.69) is 211 Å². The highest BCUT2D eigenvalue weighted by Crippen LogP contribution is 2.52. The van der Waals surface area contributed by atoms with Gasteiger partial charge in [-0.1, -0.05) is 103 Å². The Morgan fingerprint density at radius 2 is 0.660 bits per heavy atom. The van der Waals surface area contributed by atoms with E-state index in [0.29, 0.717) is 0 Å². The average Bonchev–Trinajstić information content (AvgIpc) is 3.38. The van der Waals surface area contributed by atoms with Crippen LogP contribution in [0.3, 0.4) is 0 Å². The molecular weight excluding hydrogens is 641 g/mol. The standard InChI is InChI=1S/C51H48N2/c1-33-9-17-40(18-10-33)52(41-19-11-34(2)12-20-41)44-25-27-46-47-28-26-45(32-50(47)51(7,8)49(46)31-44)53(42-21-13-35(3)14-22-42)43-23-15-39(16-24-43)48-30-37(5)36(4)29-38(48)6/h9-32H,1-8H3. The molecule has 0 fully saturated rings. The van der Waals surface area contributed by atoms with E-state index >= 15 is 0 Å². The Kier molecular flexibility index (Phi) is 8.58. The lowest BCUT2D eigenvalue weighted by molar-refractivity contribution is 0.660. The average molecular weight is 689 g/mol. The number of benzene rings is 7. The maximum absolute atomic E-state index is 2.42. The highest BCUT2D eigenvalue weighted by Gasteiger charge is 2.37. The summed E-state index contributed by atoms with van der Waals surface area (Å²) in [6.07, 6.45) is 0. The lowest BCUT2D eigenvalue weighted by atomic mass is 9.82. The molecule has 8 rings (SSSR count). The largest absolute Gasteiger partial charge is 0.310 e. The Hall–Kier alpha value is -5.86. The third-order valence-corrected chi connectivity index (χ3v) is 11.3. The lowest BCUT2D eigenvalue weighted by Gasteiger charge is -2.29. The molecule has 2 heteroatoms. The van der Waals surface area contributed by atoms with Crippen LogP contribution in [0.15, 0.2) is 146 Å². The fourth-order valence-corrected chi connectivity index (χ4v) is 8.03. The summed E-state index contributed by atoms with van der Waals surface area (Å²) in [6, 6.07) is 54.4. The van der Waals surface area contributed by atoms with E-state index in [1.165, 1.54) is 66.8 Å². The van der Waals surface area contributed by atoms with Gasteiger partial charge in [0.15, 0.2) is 0 Å². The Bertz CT molecular complexity index is 2400. The van der Waals surface area contributed by atoms with Gasteiger partial charge in [0.2, 0.25) is 0 Å². The van der Waals surface area contributed by atoms with Gasteiger partial charge >= 0.3 is 0 Å². The second kappa shape index (κ2) is 13.3. The van der Waals surface area contributed by atoms with Crippen molar-refractivity contribution >= 4 is 34.1 Å². The van der Waals surface area contributed by atoms with Gasteiger partial charge < -0.3 is 9.80 Å². The van der Waals surface area contributed by atoms with E-state index in [1.54, 1.807) is 0 Å². The van der Waals surface area contributed by atoms with Crippen molar-refractivity contribution in [1.82, 2.24) is 0 Å². The number of fused-ring (bicyclic) bond motifs is 3. The number of hydrogen-bond donors (Lipinski definition) is 0. The molecule has 262 valence electrons. The summed E-state index contributed by atoms with van der Waals surface area (Å²) in [6.45, 7) is 17.8. The van der Waals surface area contributed by atoms with Crippen LogP contribution < -0.4 is 9.80 Å². The second-order valence-corrected chi connectivity index (χ2v) is 15.6. The Morgan fingerprint density at radius 3 is 1.06 bits per heavy atom. The molecular formula is C51H48N2. The molecule has 7 aromatic rings. The van der Waals surface area contributed by atoms with Crippen molar-refractivity contribution in [2.45, 2.75) is 60.8 Å². The third-order valence-electron chi connectivity index (χ3n) is 11.3. The topological polar surface area (TPSA) is 6.48 Å². The molecule has 7 aromatic carbocycles. The molecule has 0 amide bonds. The highest BCUT2D eigenvalue weighted by atomic mass is 15.1. The minimum atomic E-state index is -0.202. The zero-order valence-electron chi connectivity index (χ0n) is 32.3. The number of aryl methyl sites for hydroxylation is 6. The summed E-state index contributed by atoms with van der Waals surface area (Å²) in [5.41, 5.74) is 22.3. The van der Waals surface area contributed by atoms with Crippen LogP contribution in [0.2, 0.25) is 0 Å². The van der Waals surface area contributed by atoms with E-state index in [-0.39, 0.29) is 5.41 Å². The molecule has 0 saturated carbocycles. The summed E-state index contributed by atoms with van der Waals surface area (Å²) in [7, 11) is 0. The molecule has 0 bridgehead atoms. The van der Waals surface area contributed by atoms with E-state index in [9.17, 15) is 0 Å². The molecule has 0 saturated heterocycles. The summed E-state index contributed by atoms with van der Waals surface area (Å²) in [4.78, 5) is 4.78. The number of anilines is 6. The fourth-order valence-electron chi connectivity index (χ4n) is 8.03. The van der Waals surface area contributed by atoms with Crippen LogP contribution in [0.5, 0.6) is 0 Å². The van der Waals surface area contributed by atoms with Crippen molar-refractivity contribution in [2.75, 3.05) is 9.80 Å². The first-order chi connectivity index (χ1) is 25.5. The molecule has 1 aliphatic rings. The highest BCUT2D eigenvalue weighted by molar-refractivity contribution is 5.88. The SMILES string of the molecule is Cc1ccc(N(c2ccc(C)cc2)c2ccc3c(c2)C(C)(C)c2cc(N(c4ccc(C)cc4)c4ccc(-c5cc(C)c(C)cc5C)cc4)ccc2-3)cc1.